The van der Waals surface area contributed by atoms with Gasteiger partial charge in [-0.15, -0.1) is 0 Å². The van der Waals surface area contributed by atoms with E-state index >= 15 is 0 Å². The van der Waals surface area contributed by atoms with Crippen LogP contribution in [0.2, 0.25) is 10.3 Å². The van der Waals surface area contributed by atoms with Crippen LogP contribution in [0.4, 0.5) is 5.69 Å². The van der Waals surface area contributed by atoms with Gasteiger partial charge in [0.2, 0.25) is 11.8 Å². The number of carbonyl (C=O) groups is 2. The van der Waals surface area contributed by atoms with Gasteiger partial charge in [0.25, 0.3) is 0 Å². The maximum Gasteiger partial charge on any atom is 0.233 e. The Labute approximate surface area is 126 Å². The third-order valence-electron chi connectivity index (χ3n) is 2.87. The maximum atomic E-state index is 11.9. The average molecular weight is 317 g/mol. The lowest BCUT2D eigenvalue weighted by molar-refractivity contribution is -0.135. The molecule has 0 saturated carbocycles. The Morgan fingerprint density at radius 3 is 2.65 bits per heavy atom. The number of rotatable bonds is 3. The van der Waals surface area contributed by atoms with Gasteiger partial charge in [-0.05, 0) is 12.1 Å². The molecule has 20 heavy (non-hydrogen) atoms. The average Bonchev–Trinajstić information content (AvgIpc) is 2.43. The molecule has 0 unspecified atom stereocenters. The van der Waals surface area contributed by atoms with E-state index in [2.05, 4.69) is 15.6 Å². The van der Waals surface area contributed by atoms with Crippen LogP contribution in [0.25, 0.3) is 0 Å². The number of piperazine rings is 1. The molecule has 2 rings (SSSR count). The van der Waals surface area contributed by atoms with Gasteiger partial charge in [-0.2, -0.15) is 0 Å². The van der Waals surface area contributed by atoms with Gasteiger partial charge in [0, 0.05) is 26.2 Å². The van der Waals surface area contributed by atoms with Crippen molar-refractivity contribution in [3.8, 4) is 0 Å². The van der Waals surface area contributed by atoms with E-state index < -0.39 is 5.91 Å². The monoisotopic (exact) mass is 316 g/mol. The van der Waals surface area contributed by atoms with E-state index in [1.807, 2.05) is 0 Å². The highest BCUT2D eigenvalue weighted by atomic mass is 35.5. The number of halogens is 2. The minimum absolute atomic E-state index is 0.0977. The molecule has 0 spiro atoms. The highest BCUT2D eigenvalue weighted by molar-refractivity contribution is 6.34. The maximum absolute atomic E-state index is 11.9. The highest BCUT2D eigenvalue weighted by Gasteiger charge is 2.19. The lowest BCUT2D eigenvalue weighted by Gasteiger charge is -2.27. The molecule has 1 aliphatic heterocycles. The molecule has 1 aliphatic rings. The van der Waals surface area contributed by atoms with Gasteiger partial charge >= 0.3 is 0 Å². The van der Waals surface area contributed by atoms with Crippen LogP contribution in [0.3, 0.4) is 0 Å². The van der Waals surface area contributed by atoms with Crippen molar-refractivity contribution in [3.63, 3.8) is 0 Å². The largest absolute Gasteiger partial charge is 0.340 e. The normalized spacial score (nSPS) is 15.0. The SMILES string of the molecule is O=C(CC(=O)N1CCNCC1)Nc1ccc(Cl)nc1Cl. The number of hydrogen-bond donors (Lipinski definition) is 2. The van der Waals surface area contributed by atoms with Gasteiger partial charge in [-0.1, -0.05) is 23.2 Å². The molecule has 0 bridgehead atoms. The fraction of sp³-hybridized carbons (Fsp3) is 0.417. The molecule has 2 heterocycles. The molecule has 0 radical (unpaired) electrons. The number of hydrogen-bond acceptors (Lipinski definition) is 4. The fourth-order valence-electron chi connectivity index (χ4n) is 1.86. The number of nitrogens with one attached hydrogen (secondary N) is 2. The highest BCUT2D eigenvalue weighted by Crippen LogP contribution is 2.21. The van der Waals surface area contributed by atoms with Crippen molar-refractivity contribution >= 4 is 40.7 Å². The molecule has 108 valence electrons. The zero-order valence-corrected chi connectivity index (χ0v) is 12.2. The van der Waals surface area contributed by atoms with E-state index in [1.54, 1.807) is 11.0 Å². The van der Waals surface area contributed by atoms with Crippen molar-refractivity contribution in [1.29, 1.82) is 0 Å². The molecule has 0 atom stereocenters. The van der Waals surface area contributed by atoms with E-state index in [0.29, 0.717) is 18.8 Å². The van der Waals surface area contributed by atoms with Crippen molar-refractivity contribution in [3.05, 3.63) is 22.4 Å². The topological polar surface area (TPSA) is 74.3 Å². The summed E-state index contributed by atoms with van der Waals surface area (Å²) in [6.45, 7) is 2.74. The second-order valence-electron chi connectivity index (χ2n) is 4.33. The summed E-state index contributed by atoms with van der Waals surface area (Å²) in [4.78, 5) is 29.2. The van der Waals surface area contributed by atoms with Crippen LogP contribution in [0, 0.1) is 0 Å². The predicted molar refractivity (Wildman–Crippen MR) is 77.0 cm³/mol. The second kappa shape index (κ2) is 6.88. The Hall–Kier alpha value is -1.37. The van der Waals surface area contributed by atoms with Crippen LogP contribution in [0.5, 0.6) is 0 Å². The van der Waals surface area contributed by atoms with Crippen LogP contribution in [-0.2, 0) is 9.59 Å². The zero-order chi connectivity index (χ0) is 14.5. The van der Waals surface area contributed by atoms with E-state index in [9.17, 15) is 9.59 Å². The zero-order valence-electron chi connectivity index (χ0n) is 10.7. The second-order valence-corrected chi connectivity index (χ2v) is 5.07. The number of aromatic nitrogens is 1. The summed E-state index contributed by atoms with van der Waals surface area (Å²) in [5, 5.41) is 6.03. The third kappa shape index (κ3) is 4.06. The summed E-state index contributed by atoms with van der Waals surface area (Å²) in [6, 6.07) is 3.06. The van der Waals surface area contributed by atoms with E-state index in [1.165, 1.54) is 6.07 Å². The number of anilines is 1. The Morgan fingerprint density at radius 2 is 2.00 bits per heavy atom. The predicted octanol–water partition coefficient (Wildman–Crippen LogP) is 1.15. The van der Waals surface area contributed by atoms with Gasteiger partial charge in [0.1, 0.15) is 11.6 Å². The summed E-state index contributed by atoms with van der Waals surface area (Å²) in [5.74, 6) is -0.610. The van der Waals surface area contributed by atoms with Crippen molar-refractivity contribution in [2.24, 2.45) is 0 Å². The Kier molecular flexibility index (Phi) is 5.17. The minimum Gasteiger partial charge on any atom is -0.340 e. The summed E-state index contributed by atoms with van der Waals surface area (Å²) in [6.07, 6.45) is -0.209. The first-order valence-electron chi connectivity index (χ1n) is 6.16. The molecule has 2 N–H and O–H groups in total. The smallest absolute Gasteiger partial charge is 0.233 e. The first-order valence-corrected chi connectivity index (χ1v) is 6.92. The summed E-state index contributed by atoms with van der Waals surface area (Å²) >= 11 is 11.5. The van der Waals surface area contributed by atoms with E-state index in [0.717, 1.165) is 13.1 Å². The molecule has 0 aromatic carbocycles. The molecule has 1 aromatic heterocycles. The quantitative estimate of drug-likeness (QED) is 0.648. The molecule has 1 saturated heterocycles. The molecule has 1 fully saturated rings. The number of amides is 2. The minimum atomic E-state index is -0.417. The molecule has 8 heteroatoms. The summed E-state index contributed by atoms with van der Waals surface area (Å²) in [7, 11) is 0. The number of carbonyl (C=O) groups excluding carboxylic acids is 2. The lowest BCUT2D eigenvalue weighted by Crippen LogP contribution is -2.47. The molecular formula is C12H14Cl2N4O2. The van der Waals surface area contributed by atoms with Crippen LogP contribution in [-0.4, -0.2) is 47.9 Å². The van der Waals surface area contributed by atoms with Gasteiger partial charge < -0.3 is 15.5 Å². The standard InChI is InChI=1S/C12H14Cl2N4O2/c13-9-2-1-8(12(14)17-9)16-10(19)7-11(20)18-5-3-15-4-6-18/h1-2,15H,3-7H2,(H,16,19). The van der Waals surface area contributed by atoms with Gasteiger partial charge in [0.05, 0.1) is 5.69 Å². The van der Waals surface area contributed by atoms with Crippen LogP contribution in [0.15, 0.2) is 12.1 Å². The van der Waals surface area contributed by atoms with Gasteiger partial charge in [-0.25, -0.2) is 4.98 Å². The van der Waals surface area contributed by atoms with Gasteiger partial charge in [0.15, 0.2) is 5.15 Å². The molecule has 2 amide bonds. The number of pyridine rings is 1. The van der Waals surface area contributed by atoms with Crippen molar-refractivity contribution < 1.29 is 9.59 Å². The van der Waals surface area contributed by atoms with Gasteiger partial charge in [-0.3, -0.25) is 9.59 Å². The van der Waals surface area contributed by atoms with Crippen molar-refractivity contribution in [1.82, 2.24) is 15.2 Å². The Morgan fingerprint density at radius 1 is 1.30 bits per heavy atom. The fourth-order valence-corrected chi connectivity index (χ4v) is 2.26. The van der Waals surface area contributed by atoms with E-state index in [4.69, 9.17) is 23.2 Å². The lowest BCUT2D eigenvalue weighted by atomic mass is 10.3. The van der Waals surface area contributed by atoms with Crippen molar-refractivity contribution in [2.75, 3.05) is 31.5 Å². The Bertz CT molecular complexity index is 518. The molecule has 6 nitrogen and oxygen atoms in total. The van der Waals surface area contributed by atoms with E-state index in [-0.39, 0.29) is 22.6 Å². The van der Waals surface area contributed by atoms with Crippen LogP contribution in [0.1, 0.15) is 6.42 Å². The van der Waals surface area contributed by atoms with Crippen LogP contribution >= 0.6 is 23.2 Å². The third-order valence-corrected chi connectivity index (χ3v) is 3.37. The van der Waals surface area contributed by atoms with Crippen LogP contribution < -0.4 is 10.6 Å². The molecule has 0 aliphatic carbocycles. The Balaban J connectivity index is 1.90. The first kappa shape index (κ1) is 15.0. The molecule has 1 aromatic rings. The summed E-state index contributed by atoms with van der Waals surface area (Å²) < 4.78 is 0. The summed E-state index contributed by atoms with van der Waals surface area (Å²) in [5.41, 5.74) is 0.342. The van der Waals surface area contributed by atoms with Crippen molar-refractivity contribution in [2.45, 2.75) is 6.42 Å². The molecular weight excluding hydrogens is 303 g/mol. The number of nitrogens with zero attached hydrogens (tertiary/aromatic N) is 2. The first-order chi connectivity index (χ1) is 9.56.